The molecule has 2 aliphatic rings. The van der Waals surface area contributed by atoms with Crippen LogP contribution < -0.4 is 0 Å². The maximum Gasteiger partial charge on any atom is 0.528 e. The molecular weight excluding hydrogens is 478 g/mol. The summed E-state index contributed by atoms with van der Waals surface area (Å²) in [7, 11) is 0. The first-order chi connectivity index (χ1) is 17.2. The molecule has 0 radical (unpaired) electrons. The van der Waals surface area contributed by atoms with Crippen LogP contribution in [0.1, 0.15) is 86.9 Å². The molecule has 1 aliphatic carbocycles. The zero-order chi connectivity index (χ0) is 25.4. The van der Waals surface area contributed by atoms with Crippen molar-refractivity contribution in [2.24, 2.45) is 0 Å². The molecule has 1 saturated carbocycles. The molecule has 0 spiro atoms. The number of aromatic nitrogens is 4. The van der Waals surface area contributed by atoms with Gasteiger partial charge in [-0.15, -0.1) is 15.3 Å². The summed E-state index contributed by atoms with van der Waals surface area (Å²) in [5.41, 5.74) is 3.49. The number of rotatable bonds is 3. The maximum atomic E-state index is 12.4. The SMILES string of the molecule is Cc1cccc(C2CCC(c3nnc4n3-c3ccc(Cl)cc3CN(OC(=O)OC(C)(C)C)C4)CC2)n1. The number of hydroxylamine groups is 2. The number of halogens is 1. The minimum Gasteiger partial charge on any atom is -0.427 e. The van der Waals surface area contributed by atoms with E-state index in [0.29, 0.717) is 24.0 Å². The summed E-state index contributed by atoms with van der Waals surface area (Å²) in [6, 6.07) is 12.0. The van der Waals surface area contributed by atoms with Gasteiger partial charge in [-0.05, 0) is 89.3 Å². The Morgan fingerprint density at radius 3 is 2.50 bits per heavy atom. The van der Waals surface area contributed by atoms with Gasteiger partial charge in [0.15, 0.2) is 5.82 Å². The molecule has 3 aromatic rings. The highest BCUT2D eigenvalue weighted by Gasteiger charge is 2.32. The molecule has 9 heteroatoms. The van der Waals surface area contributed by atoms with Crippen LogP contribution >= 0.6 is 11.6 Å². The molecular formula is C27H32ClN5O3. The first-order valence-corrected chi connectivity index (χ1v) is 12.9. The van der Waals surface area contributed by atoms with Gasteiger partial charge in [0.2, 0.25) is 0 Å². The predicted molar refractivity (Wildman–Crippen MR) is 136 cm³/mol. The van der Waals surface area contributed by atoms with Crippen LogP contribution in [-0.2, 0) is 22.7 Å². The summed E-state index contributed by atoms with van der Waals surface area (Å²) < 4.78 is 7.48. The van der Waals surface area contributed by atoms with Crippen LogP contribution in [-0.4, -0.2) is 36.6 Å². The third kappa shape index (κ3) is 5.39. The molecule has 1 fully saturated rings. The van der Waals surface area contributed by atoms with Crippen LogP contribution in [0.5, 0.6) is 0 Å². The molecule has 0 N–H and O–H groups in total. The zero-order valence-electron chi connectivity index (χ0n) is 21.2. The largest absolute Gasteiger partial charge is 0.528 e. The van der Waals surface area contributed by atoms with E-state index in [0.717, 1.165) is 54.3 Å². The van der Waals surface area contributed by atoms with Crippen LogP contribution in [0.4, 0.5) is 4.79 Å². The van der Waals surface area contributed by atoms with E-state index in [2.05, 4.69) is 26.9 Å². The predicted octanol–water partition coefficient (Wildman–Crippen LogP) is 6.25. The van der Waals surface area contributed by atoms with Crippen molar-refractivity contribution in [3.05, 3.63) is 70.0 Å². The number of carbonyl (C=O) groups excluding carboxylic acids is 1. The maximum absolute atomic E-state index is 12.4. The van der Waals surface area contributed by atoms with Gasteiger partial charge in [-0.2, -0.15) is 0 Å². The fourth-order valence-corrected chi connectivity index (χ4v) is 5.33. The lowest BCUT2D eigenvalue weighted by molar-refractivity contribution is -0.155. The number of pyridine rings is 1. The van der Waals surface area contributed by atoms with Gasteiger partial charge in [0, 0.05) is 28.2 Å². The molecule has 1 aromatic carbocycles. The number of benzene rings is 1. The smallest absolute Gasteiger partial charge is 0.427 e. The summed E-state index contributed by atoms with van der Waals surface area (Å²) in [5.74, 6) is 2.42. The minimum atomic E-state index is -0.748. The van der Waals surface area contributed by atoms with E-state index in [4.69, 9.17) is 26.2 Å². The van der Waals surface area contributed by atoms with E-state index in [1.165, 1.54) is 5.69 Å². The van der Waals surface area contributed by atoms with Crippen molar-refractivity contribution in [1.82, 2.24) is 24.8 Å². The second-order valence-corrected chi connectivity index (χ2v) is 11.1. The Morgan fingerprint density at radius 1 is 1.03 bits per heavy atom. The first kappa shape index (κ1) is 24.7. The highest BCUT2D eigenvalue weighted by molar-refractivity contribution is 6.30. The highest BCUT2D eigenvalue weighted by atomic mass is 35.5. The monoisotopic (exact) mass is 509 g/mol. The summed E-state index contributed by atoms with van der Waals surface area (Å²) >= 11 is 6.35. The quantitative estimate of drug-likeness (QED) is 0.386. The third-order valence-electron chi connectivity index (χ3n) is 6.72. The van der Waals surface area contributed by atoms with E-state index < -0.39 is 11.8 Å². The van der Waals surface area contributed by atoms with Gasteiger partial charge in [-0.25, -0.2) is 4.79 Å². The fourth-order valence-electron chi connectivity index (χ4n) is 5.14. The van der Waals surface area contributed by atoms with Crippen molar-refractivity contribution < 1.29 is 14.4 Å². The van der Waals surface area contributed by atoms with Crippen molar-refractivity contribution in [3.63, 3.8) is 0 Å². The van der Waals surface area contributed by atoms with E-state index in [1.807, 2.05) is 31.2 Å². The minimum absolute atomic E-state index is 0.286. The van der Waals surface area contributed by atoms with Crippen molar-refractivity contribution in [2.45, 2.75) is 83.9 Å². The van der Waals surface area contributed by atoms with E-state index in [9.17, 15) is 4.79 Å². The molecule has 0 amide bonds. The van der Waals surface area contributed by atoms with Gasteiger partial charge in [0.05, 0.1) is 18.8 Å². The average Bonchev–Trinajstić information content (AvgIpc) is 3.14. The Balaban J connectivity index is 1.40. The van der Waals surface area contributed by atoms with Gasteiger partial charge in [-0.1, -0.05) is 17.7 Å². The molecule has 0 bridgehead atoms. The lowest BCUT2D eigenvalue weighted by Crippen LogP contribution is -2.31. The molecule has 0 atom stereocenters. The van der Waals surface area contributed by atoms with E-state index >= 15 is 0 Å². The Bertz CT molecular complexity index is 1260. The number of nitrogens with zero attached hydrogens (tertiary/aromatic N) is 5. The van der Waals surface area contributed by atoms with Crippen LogP contribution in [0.15, 0.2) is 36.4 Å². The standard InChI is InChI=1S/C27H32ClN5O3/c1-17-6-5-7-22(29-17)18-8-10-19(11-9-18)25-31-30-24-16-32(36-26(34)35-27(2,3)4)15-20-14-21(28)12-13-23(20)33(24)25/h5-7,12-14,18-19H,8-11,15-16H2,1-4H3. The Labute approximate surface area is 216 Å². The van der Waals surface area contributed by atoms with Gasteiger partial charge in [0.1, 0.15) is 11.4 Å². The number of ether oxygens (including phenoxy) is 1. The fraction of sp³-hybridized carbons (Fsp3) is 0.481. The zero-order valence-corrected chi connectivity index (χ0v) is 22.0. The number of aryl methyl sites for hydroxylation is 1. The molecule has 190 valence electrons. The van der Waals surface area contributed by atoms with Crippen molar-refractivity contribution >= 4 is 17.8 Å². The Kier molecular flexibility index (Phi) is 6.74. The van der Waals surface area contributed by atoms with E-state index in [-0.39, 0.29) is 5.92 Å². The summed E-state index contributed by atoms with van der Waals surface area (Å²) in [6.07, 6.45) is 3.40. The Morgan fingerprint density at radius 2 is 1.78 bits per heavy atom. The van der Waals surface area contributed by atoms with Gasteiger partial charge < -0.3 is 9.57 Å². The number of fused-ring (bicyclic) bond motifs is 3. The van der Waals surface area contributed by atoms with Crippen molar-refractivity contribution in [1.29, 1.82) is 0 Å². The molecule has 36 heavy (non-hydrogen) atoms. The van der Waals surface area contributed by atoms with Crippen molar-refractivity contribution in [2.75, 3.05) is 0 Å². The summed E-state index contributed by atoms with van der Waals surface area (Å²) in [6.45, 7) is 8.11. The first-order valence-electron chi connectivity index (χ1n) is 12.5. The second-order valence-electron chi connectivity index (χ2n) is 10.7. The van der Waals surface area contributed by atoms with Gasteiger partial charge >= 0.3 is 6.16 Å². The third-order valence-corrected chi connectivity index (χ3v) is 6.95. The molecule has 5 rings (SSSR count). The molecule has 1 aliphatic heterocycles. The van der Waals surface area contributed by atoms with Gasteiger partial charge in [-0.3, -0.25) is 9.55 Å². The molecule has 0 saturated heterocycles. The van der Waals surface area contributed by atoms with E-state index in [1.54, 1.807) is 25.8 Å². The molecule has 2 aromatic heterocycles. The lowest BCUT2D eigenvalue weighted by atomic mass is 9.80. The molecule has 8 nitrogen and oxygen atoms in total. The summed E-state index contributed by atoms with van der Waals surface area (Å²) in [4.78, 5) is 22.7. The van der Waals surface area contributed by atoms with Crippen LogP contribution in [0, 0.1) is 6.92 Å². The molecule has 3 heterocycles. The number of hydrogen-bond donors (Lipinski definition) is 0. The van der Waals surface area contributed by atoms with Crippen LogP contribution in [0.25, 0.3) is 5.69 Å². The normalized spacial score (nSPS) is 20.2. The Hall–Kier alpha value is -2.97. The number of carbonyl (C=O) groups is 1. The summed E-state index contributed by atoms with van der Waals surface area (Å²) in [5, 5.41) is 11.3. The van der Waals surface area contributed by atoms with Crippen molar-refractivity contribution in [3.8, 4) is 5.69 Å². The second kappa shape index (κ2) is 9.82. The molecule has 0 unspecified atom stereocenters. The number of hydrogen-bond acceptors (Lipinski definition) is 7. The van der Waals surface area contributed by atoms with Crippen LogP contribution in [0.3, 0.4) is 0 Å². The highest BCUT2D eigenvalue weighted by Crippen LogP contribution is 2.41. The van der Waals surface area contributed by atoms with Gasteiger partial charge in [0.25, 0.3) is 0 Å². The lowest BCUT2D eigenvalue weighted by Gasteiger charge is -2.28. The average molecular weight is 510 g/mol. The van der Waals surface area contributed by atoms with Crippen LogP contribution in [0.2, 0.25) is 5.02 Å². The topological polar surface area (TPSA) is 82.4 Å².